The van der Waals surface area contributed by atoms with Crippen LogP contribution in [0.3, 0.4) is 0 Å². The van der Waals surface area contributed by atoms with Gasteiger partial charge in [0.1, 0.15) is 5.75 Å². The van der Waals surface area contributed by atoms with Crippen LogP contribution in [0, 0.1) is 11.8 Å². The monoisotopic (exact) mass is 208 g/mol. The van der Waals surface area contributed by atoms with Gasteiger partial charge in [-0.25, -0.2) is 0 Å². The van der Waals surface area contributed by atoms with E-state index in [-0.39, 0.29) is 11.3 Å². The predicted octanol–water partition coefficient (Wildman–Crippen LogP) is 2.19. The van der Waals surface area contributed by atoms with E-state index in [0.717, 1.165) is 0 Å². The van der Waals surface area contributed by atoms with Crippen LogP contribution in [-0.4, -0.2) is 17.3 Å². The lowest BCUT2D eigenvalue weighted by Gasteiger charge is -1.96. The molecule has 3 heteroatoms. The van der Waals surface area contributed by atoms with Crippen molar-refractivity contribution < 1.29 is 9.90 Å². The third-order valence-electron chi connectivity index (χ3n) is 1.61. The molecule has 0 amide bonds. The van der Waals surface area contributed by atoms with Gasteiger partial charge in [0.05, 0.1) is 5.56 Å². The number of carbonyl (C=O) groups excluding carboxylic acids is 1. The van der Waals surface area contributed by atoms with E-state index in [1.165, 1.54) is 6.07 Å². The van der Waals surface area contributed by atoms with Gasteiger partial charge in [-0.15, -0.1) is 11.6 Å². The Hall–Kier alpha value is -1.46. The first-order chi connectivity index (χ1) is 6.77. The zero-order valence-corrected chi connectivity index (χ0v) is 8.21. The molecular formula is C11H9ClO2. The number of hydrogen-bond donors (Lipinski definition) is 1. The quantitative estimate of drug-likeness (QED) is 0.460. The molecule has 0 fully saturated rings. The van der Waals surface area contributed by atoms with Gasteiger partial charge in [0.15, 0.2) is 6.29 Å². The number of phenols is 1. The molecule has 0 saturated heterocycles. The summed E-state index contributed by atoms with van der Waals surface area (Å²) in [5.41, 5.74) is 0.956. The van der Waals surface area contributed by atoms with Crippen LogP contribution in [0.25, 0.3) is 0 Å². The van der Waals surface area contributed by atoms with Gasteiger partial charge in [0, 0.05) is 17.9 Å². The molecule has 0 aliphatic heterocycles. The van der Waals surface area contributed by atoms with E-state index >= 15 is 0 Å². The Morgan fingerprint density at radius 1 is 1.50 bits per heavy atom. The molecule has 0 bridgehead atoms. The molecule has 0 heterocycles. The highest BCUT2D eigenvalue weighted by molar-refractivity contribution is 6.18. The normalized spacial score (nSPS) is 8.93. The zero-order valence-electron chi connectivity index (χ0n) is 7.46. The van der Waals surface area contributed by atoms with E-state index in [4.69, 9.17) is 11.6 Å². The van der Waals surface area contributed by atoms with Gasteiger partial charge in [-0.1, -0.05) is 11.8 Å². The van der Waals surface area contributed by atoms with E-state index < -0.39 is 0 Å². The van der Waals surface area contributed by atoms with Gasteiger partial charge in [-0.05, 0) is 18.2 Å². The highest BCUT2D eigenvalue weighted by Crippen LogP contribution is 2.15. The molecular weight excluding hydrogens is 200 g/mol. The molecule has 0 radical (unpaired) electrons. The summed E-state index contributed by atoms with van der Waals surface area (Å²) in [5.74, 6) is 6.15. The molecule has 1 aromatic carbocycles. The van der Waals surface area contributed by atoms with Gasteiger partial charge < -0.3 is 5.11 Å². The molecule has 0 spiro atoms. The molecule has 14 heavy (non-hydrogen) atoms. The minimum absolute atomic E-state index is 0.0251. The van der Waals surface area contributed by atoms with Crippen molar-refractivity contribution in [2.75, 3.05) is 5.88 Å². The van der Waals surface area contributed by atoms with E-state index in [0.29, 0.717) is 24.2 Å². The van der Waals surface area contributed by atoms with Crippen LogP contribution in [0.15, 0.2) is 18.2 Å². The van der Waals surface area contributed by atoms with Gasteiger partial charge in [-0.2, -0.15) is 0 Å². The van der Waals surface area contributed by atoms with E-state index in [1.54, 1.807) is 12.1 Å². The largest absolute Gasteiger partial charge is 0.507 e. The van der Waals surface area contributed by atoms with Crippen molar-refractivity contribution >= 4 is 17.9 Å². The van der Waals surface area contributed by atoms with Crippen LogP contribution in [0.4, 0.5) is 0 Å². The molecule has 72 valence electrons. The van der Waals surface area contributed by atoms with Crippen LogP contribution < -0.4 is 0 Å². The maximum absolute atomic E-state index is 10.5. The standard InChI is InChI=1S/C11H9ClO2/c12-6-2-1-3-9-4-5-11(14)10(7-9)8-13/h4-5,7-8,14H,2,6H2. The Morgan fingerprint density at radius 2 is 2.29 bits per heavy atom. The van der Waals surface area contributed by atoms with Crippen molar-refractivity contribution in [2.24, 2.45) is 0 Å². The molecule has 0 aliphatic rings. The smallest absolute Gasteiger partial charge is 0.153 e. The van der Waals surface area contributed by atoms with Crippen molar-refractivity contribution in [2.45, 2.75) is 6.42 Å². The van der Waals surface area contributed by atoms with Gasteiger partial charge in [0.25, 0.3) is 0 Å². The second-order valence-corrected chi connectivity index (χ2v) is 3.01. The van der Waals surface area contributed by atoms with Crippen molar-refractivity contribution in [3.8, 4) is 17.6 Å². The average molecular weight is 209 g/mol. The first kappa shape index (κ1) is 10.6. The highest BCUT2D eigenvalue weighted by atomic mass is 35.5. The number of aldehydes is 1. The van der Waals surface area contributed by atoms with Gasteiger partial charge in [0.2, 0.25) is 0 Å². The second-order valence-electron chi connectivity index (χ2n) is 2.63. The van der Waals surface area contributed by atoms with Crippen molar-refractivity contribution in [3.05, 3.63) is 29.3 Å². The number of hydrogen-bond acceptors (Lipinski definition) is 2. The number of benzene rings is 1. The lowest BCUT2D eigenvalue weighted by molar-refractivity contribution is 0.112. The SMILES string of the molecule is O=Cc1cc(C#CCCCl)ccc1O. The van der Waals surface area contributed by atoms with E-state index in [9.17, 15) is 9.90 Å². The molecule has 0 unspecified atom stereocenters. The topological polar surface area (TPSA) is 37.3 Å². The maximum Gasteiger partial charge on any atom is 0.153 e. The van der Waals surface area contributed by atoms with Crippen molar-refractivity contribution in [1.29, 1.82) is 0 Å². The van der Waals surface area contributed by atoms with Crippen LogP contribution in [0.2, 0.25) is 0 Å². The molecule has 0 aliphatic carbocycles. The summed E-state index contributed by atoms with van der Waals surface area (Å²) in [4.78, 5) is 10.5. The predicted molar refractivity (Wildman–Crippen MR) is 55.7 cm³/mol. The number of carbonyl (C=O) groups is 1. The Kier molecular flexibility index (Phi) is 4.03. The fourth-order valence-electron chi connectivity index (χ4n) is 0.938. The third-order valence-corrected chi connectivity index (χ3v) is 1.80. The summed E-state index contributed by atoms with van der Waals surface area (Å²) in [7, 11) is 0. The summed E-state index contributed by atoms with van der Waals surface area (Å²) >= 11 is 5.45. The molecule has 2 nitrogen and oxygen atoms in total. The summed E-state index contributed by atoms with van der Waals surface area (Å²) < 4.78 is 0. The summed E-state index contributed by atoms with van der Waals surface area (Å²) in [6.07, 6.45) is 1.21. The van der Waals surface area contributed by atoms with Crippen LogP contribution >= 0.6 is 11.6 Å². The van der Waals surface area contributed by atoms with E-state index in [2.05, 4.69) is 11.8 Å². The number of phenolic OH excluding ortho intramolecular Hbond substituents is 1. The number of alkyl halides is 1. The lowest BCUT2D eigenvalue weighted by atomic mass is 10.1. The number of aromatic hydroxyl groups is 1. The lowest BCUT2D eigenvalue weighted by Crippen LogP contribution is -1.83. The van der Waals surface area contributed by atoms with E-state index in [1.807, 2.05) is 0 Å². The molecule has 1 N–H and O–H groups in total. The fraction of sp³-hybridized carbons (Fsp3) is 0.182. The Balaban J connectivity index is 2.91. The Bertz CT molecular complexity index is 388. The fourth-order valence-corrected chi connectivity index (χ4v) is 1.03. The van der Waals surface area contributed by atoms with Gasteiger partial charge in [-0.3, -0.25) is 4.79 Å². The van der Waals surface area contributed by atoms with Crippen molar-refractivity contribution in [1.82, 2.24) is 0 Å². The Labute approximate surface area is 87.5 Å². The molecule has 1 rings (SSSR count). The average Bonchev–Trinajstić information content (AvgIpc) is 2.21. The molecule has 0 saturated carbocycles. The summed E-state index contributed by atoms with van der Waals surface area (Å²) in [6, 6.07) is 4.65. The van der Waals surface area contributed by atoms with Gasteiger partial charge >= 0.3 is 0 Å². The van der Waals surface area contributed by atoms with Crippen LogP contribution in [0.1, 0.15) is 22.3 Å². The maximum atomic E-state index is 10.5. The molecule has 0 aromatic heterocycles. The molecule has 0 atom stereocenters. The zero-order chi connectivity index (χ0) is 10.4. The molecule has 1 aromatic rings. The number of rotatable bonds is 2. The Morgan fingerprint density at radius 3 is 2.93 bits per heavy atom. The van der Waals surface area contributed by atoms with Crippen molar-refractivity contribution in [3.63, 3.8) is 0 Å². The first-order valence-electron chi connectivity index (χ1n) is 4.11. The summed E-state index contributed by atoms with van der Waals surface area (Å²) in [6.45, 7) is 0. The summed E-state index contributed by atoms with van der Waals surface area (Å²) in [5, 5.41) is 9.21. The van der Waals surface area contributed by atoms with Crippen LogP contribution in [0.5, 0.6) is 5.75 Å². The number of halogens is 1. The minimum atomic E-state index is -0.0251. The first-order valence-corrected chi connectivity index (χ1v) is 4.64. The third kappa shape index (κ3) is 2.79. The highest BCUT2D eigenvalue weighted by Gasteiger charge is 1.98. The van der Waals surface area contributed by atoms with Crippen LogP contribution in [-0.2, 0) is 0 Å². The minimum Gasteiger partial charge on any atom is -0.507 e. The second kappa shape index (κ2) is 5.31.